The van der Waals surface area contributed by atoms with E-state index in [1.807, 2.05) is 48.0 Å². The van der Waals surface area contributed by atoms with Crippen molar-refractivity contribution in [3.8, 4) is 28.7 Å². The fourth-order valence-corrected chi connectivity index (χ4v) is 2.54. The Morgan fingerprint density at radius 3 is 2.67 bits per heavy atom. The highest BCUT2D eigenvalue weighted by atomic mass is 15.6. The number of nitrogens with zero attached hydrogens (tertiary/aromatic N) is 7. The summed E-state index contributed by atoms with van der Waals surface area (Å²) < 4.78 is 2.00. The number of pyridine rings is 1. The molecule has 7 nitrogen and oxygen atoms in total. The molecule has 0 aliphatic rings. The van der Waals surface area contributed by atoms with Crippen LogP contribution in [-0.4, -0.2) is 29.6 Å². The number of aryl methyl sites for hydroxylation is 1. The molecule has 24 heavy (non-hydrogen) atoms. The van der Waals surface area contributed by atoms with Crippen molar-refractivity contribution in [3.05, 3.63) is 54.4 Å². The third kappa shape index (κ3) is 2.30. The van der Waals surface area contributed by atoms with Gasteiger partial charge in [-0.2, -0.15) is 10.1 Å². The van der Waals surface area contributed by atoms with E-state index in [1.54, 1.807) is 16.9 Å². The van der Waals surface area contributed by atoms with Crippen molar-refractivity contribution in [2.24, 2.45) is 0 Å². The first-order valence-electron chi connectivity index (χ1n) is 7.54. The van der Waals surface area contributed by atoms with Crippen LogP contribution in [0, 0.1) is 11.3 Å². The standard InChI is InChI=1S/C17H13N7/c1-2-24-21-17(20-22-24)14-7-8-23-15(11-19-16(23)9-14)13-5-3-12(10-18)4-6-13/h3-9,11H,2H2,1H3. The van der Waals surface area contributed by atoms with E-state index in [-0.39, 0.29) is 0 Å². The van der Waals surface area contributed by atoms with E-state index < -0.39 is 0 Å². The van der Waals surface area contributed by atoms with Gasteiger partial charge in [0.15, 0.2) is 0 Å². The summed E-state index contributed by atoms with van der Waals surface area (Å²) in [4.78, 5) is 6.01. The zero-order chi connectivity index (χ0) is 16.5. The molecule has 0 radical (unpaired) electrons. The minimum absolute atomic E-state index is 0.585. The van der Waals surface area contributed by atoms with Gasteiger partial charge in [-0.3, -0.25) is 4.40 Å². The minimum atomic E-state index is 0.585. The molecule has 0 aliphatic heterocycles. The van der Waals surface area contributed by atoms with Crippen molar-refractivity contribution in [3.63, 3.8) is 0 Å². The predicted molar refractivity (Wildman–Crippen MR) is 87.8 cm³/mol. The van der Waals surface area contributed by atoms with Crippen LogP contribution in [0.4, 0.5) is 0 Å². The zero-order valence-corrected chi connectivity index (χ0v) is 13.0. The minimum Gasteiger partial charge on any atom is -0.300 e. The van der Waals surface area contributed by atoms with Crippen LogP contribution in [0.5, 0.6) is 0 Å². The smallest absolute Gasteiger partial charge is 0.205 e. The van der Waals surface area contributed by atoms with Crippen molar-refractivity contribution in [1.29, 1.82) is 5.26 Å². The van der Waals surface area contributed by atoms with Crippen molar-refractivity contribution >= 4 is 5.65 Å². The topological polar surface area (TPSA) is 84.7 Å². The molecule has 7 heteroatoms. The first-order chi connectivity index (χ1) is 11.8. The van der Waals surface area contributed by atoms with Gasteiger partial charge < -0.3 is 0 Å². The fraction of sp³-hybridized carbons (Fsp3) is 0.118. The molecule has 0 fully saturated rings. The Hall–Kier alpha value is -3.53. The molecule has 0 amide bonds. The Balaban J connectivity index is 1.76. The molecule has 0 unspecified atom stereocenters. The Morgan fingerprint density at radius 2 is 1.96 bits per heavy atom. The summed E-state index contributed by atoms with van der Waals surface area (Å²) in [5.41, 5.74) is 4.29. The normalized spacial score (nSPS) is 10.8. The number of hydrogen-bond acceptors (Lipinski definition) is 5. The van der Waals surface area contributed by atoms with E-state index in [0.717, 1.165) is 22.5 Å². The zero-order valence-electron chi connectivity index (χ0n) is 13.0. The van der Waals surface area contributed by atoms with Crippen LogP contribution in [0.25, 0.3) is 28.3 Å². The number of nitriles is 1. The molecule has 0 atom stereocenters. The van der Waals surface area contributed by atoms with Gasteiger partial charge in [0.05, 0.1) is 30.1 Å². The lowest BCUT2D eigenvalue weighted by Crippen LogP contribution is -1.98. The van der Waals surface area contributed by atoms with Crippen LogP contribution in [0.1, 0.15) is 12.5 Å². The highest BCUT2D eigenvalue weighted by molar-refractivity contribution is 5.68. The number of benzene rings is 1. The van der Waals surface area contributed by atoms with Crippen molar-refractivity contribution < 1.29 is 0 Å². The van der Waals surface area contributed by atoms with Gasteiger partial charge in [0, 0.05) is 17.3 Å². The van der Waals surface area contributed by atoms with E-state index in [9.17, 15) is 0 Å². The maximum Gasteiger partial charge on any atom is 0.205 e. The number of tetrazole rings is 1. The predicted octanol–water partition coefficient (Wildman–Crippen LogP) is 2.55. The molecule has 0 aliphatic carbocycles. The number of imidazole rings is 1. The first kappa shape index (κ1) is 14.1. The average Bonchev–Trinajstić information content (AvgIpc) is 3.28. The maximum atomic E-state index is 8.90. The van der Waals surface area contributed by atoms with Crippen LogP contribution in [0.3, 0.4) is 0 Å². The third-order valence-electron chi connectivity index (χ3n) is 3.82. The lowest BCUT2D eigenvalue weighted by molar-refractivity contribution is 0.553. The maximum absolute atomic E-state index is 8.90. The second-order valence-corrected chi connectivity index (χ2v) is 5.28. The van der Waals surface area contributed by atoms with Crippen molar-refractivity contribution in [1.82, 2.24) is 29.6 Å². The van der Waals surface area contributed by atoms with E-state index in [4.69, 9.17) is 5.26 Å². The first-order valence-corrected chi connectivity index (χ1v) is 7.54. The molecular formula is C17H13N7. The molecule has 3 heterocycles. The van der Waals surface area contributed by atoms with Gasteiger partial charge in [-0.1, -0.05) is 12.1 Å². The lowest BCUT2D eigenvalue weighted by Gasteiger charge is -2.03. The third-order valence-corrected chi connectivity index (χ3v) is 3.82. The highest BCUT2D eigenvalue weighted by Crippen LogP contribution is 2.23. The SMILES string of the molecule is CCn1nnc(-c2ccn3c(-c4ccc(C#N)cc4)cnc3c2)n1. The van der Waals surface area contributed by atoms with Crippen LogP contribution in [0.15, 0.2) is 48.8 Å². The molecular weight excluding hydrogens is 302 g/mol. The van der Waals surface area contributed by atoms with E-state index in [2.05, 4.69) is 26.5 Å². The molecule has 1 aromatic carbocycles. The summed E-state index contributed by atoms with van der Waals surface area (Å²) >= 11 is 0. The van der Waals surface area contributed by atoms with Crippen LogP contribution >= 0.6 is 0 Å². The average molecular weight is 315 g/mol. The van der Waals surface area contributed by atoms with Crippen LogP contribution in [0.2, 0.25) is 0 Å². The van der Waals surface area contributed by atoms with Crippen LogP contribution in [-0.2, 0) is 6.54 Å². The van der Waals surface area contributed by atoms with Gasteiger partial charge in [-0.05, 0) is 36.4 Å². The van der Waals surface area contributed by atoms with Crippen LogP contribution < -0.4 is 0 Å². The van der Waals surface area contributed by atoms with E-state index in [0.29, 0.717) is 17.9 Å². The van der Waals surface area contributed by atoms with Gasteiger partial charge in [-0.25, -0.2) is 4.98 Å². The molecule has 0 saturated heterocycles. The largest absolute Gasteiger partial charge is 0.300 e. The number of hydrogen-bond donors (Lipinski definition) is 0. The molecule has 0 N–H and O–H groups in total. The van der Waals surface area contributed by atoms with Gasteiger partial charge in [-0.15, -0.1) is 10.2 Å². The lowest BCUT2D eigenvalue weighted by atomic mass is 10.1. The molecule has 0 saturated carbocycles. The highest BCUT2D eigenvalue weighted by Gasteiger charge is 2.10. The summed E-state index contributed by atoms with van der Waals surface area (Å²) in [6.07, 6.45) is 3.76. The molecule has 4 aromatic rings. The fourth-order valence-electron chi connectivity index (χ4n) is 2.54. The van der Waals surface area contributed by atoms with E-state index >= 15 is 0 Å². The molecule has 3 aromatic heterocycles. The van der Waals surface area contributed by atoms with Gasteiger partial charge >= 0.3 is 0 Å². The molecule has 116 valence electrons. The molecule has 4 rings (SSSR count). The van der Waals surface area contributed by atoms with Crippen molar-refractivity contribution in [2.45, 2.75) is 13.5 Å². The Labute approximate surface area is 137 Å². The molecule has 0 bridgehead atoms. The second-order valence-electron chi connectivity index (χ2n) is 5.28. The summed E-state index contributed by atoms with van der Waals surface area (Å²) in [5.74, 6) is 0.585. The molecule has 0 spiro atoms. The quantitative estimate of drug-likeness (QED) is 0.580. The monoisotopic (exact) mass is 315 g/mol. The Kier molecular flexibility index (Phi) is 3.28. The van der Waals surface area contributed by atoms with Gasteiger partial charge in [0.1, 0.15) is 5.65 Å². The summed E-state index contributed by atoms with van der Waals surface area (Å²) in [6, 6.07) is 13.4. The van der Waals surface area contributed by atoms with Gasteiger partial charge in [0.25, 0.3) is 0 Å². The Bertz CT molecular complexity index is 1050. The number of aromatic nitrogens is 6. The summed E-state index contributed by atoms with van der Waals surface area (Å²) in [5, 5.41) is 21.3. The van der Waals surface area contributed by atoms with E-state index in [1.165, 1.54) is 0 Å². The van der Waals surface area contributed by atoms with Gasteiger partial charge in [0.2, 0.25) is 5.82 Å². The van der Waals surface area contributed by atoms with Crippen molar-refractivity contribution in [2.75, 3.05) is 0 Å². The summed E-state index contributed by atoms with van der Waals surface area (Å²) in [7, 11) is 0. The number of rotatable bonds is 3. The summed E-state index contributed by atoms with van der Waals surface area (Å²) in [6.45, 7) is 2.65. The second kappa shape index (κ2) is 5.59. The number of fused-ring (bicyclic) bond motifs is 1. The Morgan fingerprint density at radius 1 is 1.12 bits per heavy atom.